The molecule has 5 nitrogen and oxygen atoms in total. The summed E-state index contributed by atoms with van der Waals surface area (Å²) in [6.07, 6.45) is 5.28. The van der Waals surface area contributed by atoms with Gasteiger partial charge in [-0.1, -0.05) is 72.8 Å². The van der Waals surface area contributed by atoms with E-state index < -0.39 is 0 Å². The van der Waals surface area contributed by atoms with E-state index in [-0.39, 0.29) is 41.5 Å². The highest BCUT2D eigenvalue weighted by atomic mass is 16.2. The van der Waals surface area contributed by atoms with Crippen molar-refractivity contribution in [2.75, 3.05) is 13.1 Å². The molecule has 2 heterocycles. The lowest BCUT2D eigenvalue weighted by atomic mass is 9.85. The number of hydrogen-bond acceptors (Lipinski definition) is 3. The van der Waals surface area contributed by atoms with Gasteiger partial charge in [-0.2, -0.15) is 0 Å². The molecule has 0 radical (unpaired) electrons. The standard InChI is InChI=1S/C25H24N2O3/c28-23-20-13-7-8-14-21(20)24(29)27(23)19-15-26(16-19)25(30)22(17-9-3-1-4-10-17)18-11-5-2-6-12-18/h1-12,19-22H,13-16H2. The molecule has 3 amide bonds. The molecule has 2 aromatic rings. The van der Waals surface area contributed by atoms with E-state index >= 15 is 0 Å². The lowest BCUT2D eigenvalue weighted by Crippen LogP contribution is -2.63. The summed E-state index contributed by atoms with van der Waals surface area (Å²) < 4.78 is 0. The van der Waals surface area contributed by atoms with Crippen molar-refractivity contribution in [2.24, 2.45) is 11.8 Å². The maximum Gasteiger partial charge on any atom is 0.234 e. The fourth-order valence-electron chi connectivity index (χ4n) is 4.94. The lowest BCUT2D eigenvalue weighted by molar-refractivity contribution is -0.153. The molecule has 0 bridgehead atoms. The molecule has 2 aliphatic heterocycles. The predicted molar refractivity (Wildman–Crippen MR) is 112 cm³/mol. The van der Waals surface area contributed by atoms with Gasteiger partial charge in [-0.15, -0.1) is 0 Å². The molecule has 2 unspecified atom stereocenters. The van der Waals surface area contributed by atoms with Gasteiger partial charge in [0.05, 0.1) is 23.8 Å². The zero-order valence-electron chi connectivity index (χ0n) is 16.7. The van der Waals surface area contributed by atoms with Crippen molar-refractivity contribution in [3.8, 4) is 0 Å². The van der Waals surface area contributed by atoms with Gasteiger partial charge in [0.2, 0.25) is 17.7 Å². The van der Waals surface area contributed by atoms with E-state index in [0.717, 1.165) is 11.1 Å². The SMILES string of the molecule is O=C(C(c1ccccc1)c1ccccc1)N1CC(N2C(=O)C3CC=CCC3C2=O)C1. The zero-order valence-corrected chi connectivity index (χ0v) is 16.7. The summed E-state index contributed by atoms with van der Waals surface area (Å²) in [6.45, 7) is 0.832. The van der Waals surface area contributed by atoms with Crippen LogP contribution in [0.2, 0.25) is 0 Å². The van der Waals surface area contributed by atoms with Crippen LogP contribution in [-0.4, -0.2) is 46.7 Å². The van der Waals surface area contributed by atoms with Crippen molar-refractivity contribution in [3.63, 3.8) is 0 Å². The second-order valence-corrected chi connectivity index (χ2v) is 8.35. The third-order valence-electron chi connectivity index (χ3n) is 6.59. The van der Waals surface area contributed by atoms with Gasteiger partial charge >= 0.3 is 0 Å². The number of imide groups is 1. The molecule has 5 heteroatoms. The fraction of sp³-hybridized carbons (Fsp3) is 0.320. The predicted octanol–water partition coefficient (Wildman–Crippen LogP) is 2.98. The van der Waals surface area contributed by atoms with Crippen LogP contribution in [0.4, 0.5) is 0 Å². The van der Waals surface area contributed by atoms with Gasteiger partial charge < -0.3 is 4.90 Å². The molecule has 0 aromatic heterocycles. The van der Waals surface area contributed by atoms with E-state index in [4.69, 9.17) is 0 Å². The molecule has 2 aromatic carbocycles. The lowest BCUT2D eigenvalue weighted by Gasteiger charge is -2.44. The van der Waals surface area contributed by atoms with E-state index in [2.05, 4.69) is 0 Å². The highest BCUT2D eigenvalue weighted by Crippen LogP contribution is 2.38. The molecule has 3 aliphatic rings. The molecule has 2 fully saturated rings. The number of hydrogen-bond donors (Lipinski definition) is 0. The third kappa shape index (κ3) is 3.05. The summed E-state index contributed by atoms with van der Waals surface area (Å²) in [5, 5.41) is 0. The summed E-state index contributed by atoms with van der Waals surface area (Å²) in [7, 11) is 0. The zero-order chi connectivity index (χ0) is 20.7. The highest BCUT2D eigenvalue weighted by Gasteiger charge is 2.52. The largest absolute Gasteiger partial charge is 0.338 e. The minimum Gasteiger partial charge on any atom is -0.338 e. The molecule has 5 rings (SSSR count). The molecule has 1 aliphatic carbocycles. The van der Waals surface area contributed by atoms with Crippen LogP contribution in [0.15, 0.2) is 72.8 Å². The van der Waals surface area contributed by atoms with Crippen LogP contribution in [0.3, 0.4) is 0 Å². The first-order valence-electron chi connectivity index (χ1n) is 10.6. The molecule has 2 atom stereocenters. The van der Waals surface area contributed by atoms with Crippen LogP contribution in [0.25, 0.3) is 0 Å². The fourth-order valence-corrected chi connectivity index (χ4v) is 4.94. The monoisotopic (exact) mass is 400 g/mol. The first-order valence-corrected chi connectivity index (χ1v) is 10.6. The van der Waals surface area contributed by atoms with Crippen LogP contribution < -0.4 is 0 Å². The highest BCUT2D eigenvalue weighted by molar-refractivity contribution is 6.06. The number of likely N-dealkylation sites (tertiary alicyclic amines) is 2. The molecular formula is C25H24N2O3. The average molecular weight is 400 g/mol. The van der Waals surface area contributed by atoms with Crippen molar-refractivity contribution in [1.29, 1.82) is 0 Å². The van der Waals surface area contributed by atoms with Gasteiger partial charge in [0, 0.05) is 13.1 Å². The molecule has 152 valence electrons. The van der Waals surface area contributed by atoms with Gasteiger partial charge in [0.25, 0.3) is 0 Å². The normalized spacial score (nSPS) is 23.6. The van der Waals surface area contributed by atoms with Crippen LogP contribution in [-0.2, 0) is 14.4 Å². The second kappa shape index (κ2) is 7.56. The maximum atomic E-state index is 13.4. The topological polar surface area (TPSA) is 57.7 Å². The number of benzene rings is 2. The Bertz CT molecular complexity index is 930. The van der Waals surface area contributed by atoms with Gasteiger partial charge in [-0.05, 0) is 24.0 Å². The van der Waals surface area contributed by atoms with E-state index in [1.807, 2.05) is 72.8 Å². The van der Waals surface area contributed by atoms with Crippen LogP contribution in [0.1, 0.15) is 29.9 Å². The van der Waals surface area contributed by atoms with E-state index in [9.17, 15) is 14.4 Å². The Morgan fingerprint density at radius 1 is 0.767 bits per heavy atom. The van der Waals surface area contributed by atoms with Crippen molar-refractivity contribution in [1.82, 2.24) is 9.80 Å². The maximum absolute atomic E-state index is 13.4. The summed E-state index contributed by atoms with van der Waals surface area (Å²) in [6, 6.07) is 19.3. The second-order valence-electron chi connectivity index (χ2n) is 8.35. The van der Waals surface area contributed by atoms with Crippen LogP contribution >= 0.6 is 0 Å². The number of amides is 3. The van der Waals surface area contributed by atoms with Gasteiger partial charge in [-0.3, -0.25) is 19.3 Å². The molecule has 2 saturated heterocycles. The summed E-state index contributed by atoms with van der Waals surface area (Å²) >= 11 is 0. The Labute approximate surface area is 176 Å². The van der Waals surface area contributed by atoms with Crippen LogP contribution in [0.5, 0.6) is 0 Å². The molecule has 0 spiro atoms. The number of carbonyl (C=O) groups excluding carboxylic acids is 3. The van der Waals surface area contributed by atoms with Crippen LogP contribution in [0, 0.1) is 11.8 Å². The minimum atomic E-state index is -0.384. The Hall–Kier alpha value is -3.21. The van der Waals surface area contributed by atoms with Crippen molar-refractivity contribution in [2.45, 2.75) is 24.8 Å². The molecule has 0 saturated carbocycles. The van der Waals surface area contributed by atoms with Crippen molar-refractivity contribution < 1.29 is 14.4 Å². The quantitative estimate of drug-likeness (QED) is 0.586. The minimum absolute atomic E-state index is 0.0156. The smallest absolute Gasteiger partial charge is 0.234 e. The van der Waals surface area contributed by atoms with Crippen molar-refractivity contribution >= 4 is 17.7 Å². The first-order chi connectivity index (χ1) is 14.6. The first kappa shape index (κ1) is 18.8. The number of fused-ring (bicyclic) bond motifs is 1. The third-order valence-corrected chi connectivity index (χ3v) is 6.59. The van der Waals surface area contributed by atoms with E-state index in [0.29, 0.717) is 25.9 Å². The Morgan fingerprint density at radius 3 is 1.70 bits per heavy atom. The summed E-state index contributed by atoms with van der Waals surface area (Å²) in [4.78, 5) is 42.3. The Morgan fingerprint density at radius 2 is 1.23 bits per heavy atom. The Kier molecular flexibility index (Phi) is 4.74. The number of carbonyl (C=O) groups is 3. The Balaban J connectivity index is 1.33. The number of nitrogens with zero attached hydrogens (tertiary/aromatic N) is 2. The van der Waals surface area contributed by atoms with E-state index in [1.165, 1.54) is 4.90 Å². The summed E-state index contributed by atoms with van der Waals surface area (Å²) in [5.41, 5.74) is 1.89. The number of allylic oxidation sites excluding steroid dienone is 2. The molecule has 0 N–H and O–H groups in total. The molecular weight excluding hydrogens is 376 g/mol. The van der Waals surface area contributed by atoms with Crippen molar-refractivity contribution in [3.05, 3.63) is 83.9 Å². The molecule has 30 heavy (non-hydrogen) atoms. The average Bonchev–Trinajstić information content (AvgIpc) is 3.00. The van der Waals surface area contributed by atoms with E-state index in [1.54, 1.807) is 4.90 Å². The number of rotatable bonds is 4. The van der Waals surface area contributed by atoms with Gasteiger partial charge in [0.15, 0.2) is 0 Å². The van der Waals surface area contributed by atoms with Gasteiger partial charge in [0.1, 0.15) is 0 Å². The van der Waals surface area contributed by atoms with Gasteiger partial charge in [-0.25, -0.2) is 0 Å². The summed E-state index contributed by atoms with van der Waals surface area (Å²) in [5.74, 6) is -0.919.